The molecule has 0 saturated heterocycles. The van der Waals surface area contributed by atoms with Crippen LogP contribution in [0, 0.1) is 0 Å². The van der Waals surface area contributed by atoms with Crippen LogP contribution < -0.4 is 11.1 Å². The predicted molar refractivity (Wildman–Crippen MR) is 64.2 cm³/mol. The van der Waals surface area contributed by atoms with Crippen LogP contribution in [0.2, 0.25) is 5.02 Å². The quantitative estimate of drug-likeness (QED) is 0.841. The summed E-state index contributed by atoms with van der Waals surface area (Å²) >= 11 is 5.83. The van der Waals surface area contributed by atoms with Crippen molar-refractivity contribution in [1.29, 1.82) is 0 Å². The van der Waals surface area contributed by atoms with Crippen molar-refractivity contribution in [3.05, 3.63) is 34.9 Å². The highest BCUT2D eigenvalue weighted by molar-refractivity contribution is 6.30. The van der Waals surface area contributed by atoms with E-state index < -0.39 is 0 Å². The van der Waals surface area contributed by atoms with Gasteiger partial charge in [0, 0.05) is 18.0 Å². The second-order valence-corrected chi connectivity index (χ2v) is 4.61. The summed E-state index contributed by atoms with van der Waals surface area (Å²) in [5, 5.41) is 3.76. The largest absolute Gasteiger partial charge is 0.347 e. The number of carbonyl (C=O) groups excluding carboxylic acids is 1. The van der Waals surface area contributed by atoms with Crippen LogP contribution >= 0.6 is 11.6 Å². The molecule has 3 N–H and O–H groups in total. The fourth-order valence-electron chi connectivity index (χ4n) is 1.84. The van der Waals surface area contributed by atoms with Crippen LogP contribution in [0.3, 0.4) is 0 Å². The van der Waals surface area contributed by atoms with Crippen molar-refractivity contribution < 1.29 is 4.79 Å². The zero-order chi connectivity index (χ0) is 11.6. The van der Waals surface area contributed by atoms with Crippen molar-refractivity contribution in [3.8, 4) is 0 Å². The number of hydrogen-bond donors (Lipinski definition) is 2. The normalized spacial score (nSPS) is 16.9. The zero-order valence-corrected chi connectivity index (χ0v) is 9.76. The van der Waals surface area contributed by atoms with Crippen molar-refractivity contribution in [3.63, 3.8) is 0 Å². The second-order valence-electron chi connectivity index (χ2n) is 4.18. The SMILES string of the molecule is NCCC(=O)NC1(c2ccc(Cl)cc2)CC1. The third-order valence-corrected chi connectivity index (χ3v) is 3.15. The minimum Gasteiger partial charge on any atom is -0.347 e. The van der Waals surface area contributed by atoms with E-state index in [1.165, 1.54) is 0 Å². The molecule has 1 aliphatic rings. The van der Waals surface area contributed by atoms with Gasteiger partial charge in [0.15, 0.2) is 0 Å². The van der Waals surface area contributed by atoms with E-state index in [2.05, 4.69) is 5.32 Å². The van der Waals surface area contributed by atoms with E-state index >= 15 is 0 Å². The maximum absolute atomic E-state index is 11.5. The first kappa shape index (κ1) is 11.4. The van der Waals surface area contributed by atoms with Gasteiger partial charge in [-0.3, -0.25) is 4.79 Å². The van der Waals surface area contributed by atoms with Crippen LogP contribution in [0.5, 0.6) is 0 Å². The molecule has 1 amide bonds. The molecule has 0 bridgehead atoms. The van der Waals surface area contributed by atoms with Gasteiger partial charge in [-0.1, -0.05) is 23.7 Å². The van der Waals surface area contributed by atoms with Crippen LogP contribution in [-0.4, -0.2) is 12.5 Å². The van der Waals surface area contributed by atoms with E-state index in [-0.39, 0.29) is 11.4 Å². The molecular formula is C12H15ClN2O. The molecule has 1 saturated carbocycles. The van der Waals surface area contributed by atoms with E-state index in [9.17, 15) is 4.79 Å². The van der Waals surface area contributed by atoms with Gasteiger partial charge in [-0.2, -0.15) is 0 Å². The molecule has 4 heteroatoms. The van der Waals surface area contributed by atoms with Gasteiger partial charge >= 0.3 is 0 Å². The first-order valence-corrected chi connectivity index (χ1v) is 5.81. The molecule has 0 heterocycles. The molecule has 0 atom stereocenters. The summed E-state index contributed by atoms with van der Waals surface area (Å²) in [6, 6.07) is 7.65. The van der Waals surface area contributed by atoms with Crippen LogP contribution in [0.1, 0.15) is 24.8 Å². The summed E-state index contributed by atoms with van der Waals surface area (Å²) in [6.45, 7) is 0.391. The molecule has 1 aromatic rings. The van der Waals surface area contributed by atoms with Gasteiger partial charge in [-0.15, -0.1) is 0 Å². The molecule has 16 heavy (non-hydrogen) atoms. The fraction of sp³-hybridized carbons (Fsp3) is 0.417. The van der Waals surface area contributed by atoms with Gasteiger partial charge in [0.1, 0.15) is 0 Å². The Morgan fingerprint density at radius 1 is 1.38 bits per heavy atom. The molecule has 1 aromatic carbocycles. The third-order valence-electron chi connectivity index (χ3n) is 2.90. The van der Waals surface area contributed by atoms with Crippen LogP contribution in [0.4, 0.5) is 0 Å². The number of benzene rings is 1. The van der Waals surface area contributed by atoms with Gasteiger partial charge in [0.2, 0.25) is 5.91 Å². The summed E-state index contributed by atoms with van der Waals surface area (Å²) < 4.78 is 0. The average molecular weight is 239 g/mol. The Morgan fingerprint density at radius 3 is 2.50 bits per heavy atom. The number of halogens is 1. The van der Waals surface area contributed by atoms with Gasteiger partial charge in [0.05, 0.1) is 5.54 Å². The van der Waals surface area contributed by atoms with Gasteiger partial charge in [-0.25, -0.2) is 0 Å². The van der Waals surface area contributed by atoms with Crippen LogP contribution in [0.15, 0.2) is 24.3 Å². The monoisotopic (exact) mass is 238 g/mol. The Balaban J connectivity index is 2.08. The second kappa shape index (κ2) is 4.44. The topological polar surface area (TPSA) is 55.1 Å². The highest BCUT2D eigenvalue weighted by Gasteiger charge is 2.45. The molecular weight excluding hydrogens is 224 g/mol. The standard InChI is InChI=1S/C12H15ClN2O/c13-10-3-1-9(2-4-10)12(6-7-12)15-11(16)5-8-14/h1-4H,5-8,14H2,(H,15,16). The van der Waals surface area contributed by atoms with E-state index in [0.29, 0.717) is 18.0 Å². The molecule has 0 spiro atoms. The van der Waals surface area contributed by atoms with Gasteiger partial charge in [-0.05, 0) is 30.5 Å². The van der Waals surface area contributed by atoms with Gasteiger partial charge < -0.3 is 11.1 Å². The maximum atomic E-state index is 11.5. The summed E-state index contributed by atoms with van der Waals surface area (Å²) in [5.41, 5.74) is 6.32. The number of nitrogens with one attached hydrogen (secondary N) is 1. The minimum absolute atomic E-state index is 0.0231. The summed E-state index contributed by atoms with van der Waals surface area (Å²) in [7, 11) is 0. The first-order valence-electron chi connectivity index (χ1n) is 5.43. The number of rotatable bonds is 4. The predicted octanol–water partition coefficient (Wildman–Crippen LogP) is 1.79. The molecule has 0 radical (unpaired) electrons. The smallest absolute Gasteiger partial charge is 0.221 e. The number of hydrogen-bond acceptors (Lipinski definition) is 2. The number of carbonyl (C=O) groups is 1. The number of amides is 1. The van der Waals surface area contributed by atoms with Crippen molar-refractivity contribution in [2.24, 2.45) is 5.73 Å². The summed E-state index contributed by atoms with van der Waals surface area (Å²) in [6.07, 6.45) is 2.37. The number of nitrogens with two attached hydrogens (primary N) is 1. The van der Waals surface area contributed by atoms with E-state index in [1.54, 1.807) is 0 Å². The Kier molecular flexibility index (Phi) is 3.17. The van der Waals surface area contributed by atoms with Crippen molar-refractivity contribution >= 4 is 17.5 Å². The summed E-state index contributed by atoms with van der Waals surface area (Å²) in [5.74, 6) is 0.0231. The lowest BCUT2D eigenvalue weighted by atomic mass is 10.0. The molecule has 1 aliphatic carbocycles. The third kappa shape index (κ3) is 2.36. The zero-order valence-electron chi connectivity index (χ0n) is 9.00. The Bertz CT molecular complexity index is 385. The first-order chi connectivity index (χ1) is 7.66. The Morgan fingerprint density at radius 2 is 2.00 bits per heavy atom. The lowest BCUT2D eigenvalue weighted by molar-refractivity contribution is -0.121. The molecule has 3 nitrogen and oxygen atoms in total. The molecule has 2 rings (SSSR count). The Labute approximate surface area is 100.0 Å². The van der Waals surface area contributed by atoms with E-state index in [4.69, 9.17) is 17.3 Å². The van der Waals surface area contributed by atoms with Gasteiger partial charge in [0.25, 0.3) is 0 Å². The van der Waals surface area contributed by atoms with Crippen molar-refractivity contribution in [2.75, 3.05) is 6.54 Å². The highest BCUT2D eigenvalue weighted by Crippen LogP contribution is 2.45. The Hall–Kier alpha value is -1.06. The van der Waals surface area contributed by atoms with Crippen molar-refractivity contribution in [1.82, 2.24) is 5.32 Å². The fourth-order valence-corrected chi connectivity index (χ4v) is 1.97. The van der Waals surface area contributed by atoms with Crippen LogP contribution in [0.25, 0.3) is 0 Å². The molecule has 0 unspecified atom stereocenters. The molecule has 1 fully saturated rings. The average Bonchev–Trinajstić information content (AvgIpc) is 3.00. The van der Waals surface area contributed by atoms with Crippen LogP contribution in [-0.2, 0) is 10.3 Å². The molecule has 0 aliphatic heterocycles. The lowest BCUT2D eigenvalue weighted by Crippen LogP contribution is -2.35. The molecule has 0 aromatic heterocycles. The maximum Gasteiger partial charge on any atom is 0.221 e. The minimum atomic E-state index is -0.156. The summed E-state index contributed by atoms with van der Waals surface area (Å²) in [4.78, 5) is 11.5. The lowest BCUT2D eigenvalue weighted by Gasteiger charge is -2.17. The van der Waals surface area contributed by atoms with Crippen molar-refractivity contribution in [2.45, 2.75) is 24.8 Å². The highest BCUT2D eigenvalue weighted by atomic mass is 35.5. The van der Waals surface area contributed by atoms with E-state index in [1.807, 2.05) is 24.3 Å². The molecule has 86 valence electrons. The van der Waals surface area contributed by atoms with E-state index in [0.717, 1.165) is 18.4 Å².